The van der Waals surface area contributed by atoms with Crippen LogP contribution in [0.25, 0.3) is 0 Å². The van der Waals surface area contributed by atoms with Gasteiger partial charge in [-0.15, -0.1) is 0 Å². The number of ether oxygens (including phenoxy) is 1. The number of carbonyl (C=O) groups excluding carboxylic acids is 1. The van der Waals surface area contributed by atoms with Gasteiger partial charge < -0.3 is 20.1 Å². The molecule has 0 aliphatic heterocycles. The molecule has 1 aromatic carbocycles. The lowest BCUT2D eigenvalue weighted by molar-refractivity contribution is -0.113. The number of para-hydroxylation sites is 2. The Bertz CT molecular complexity index is 805. The lowest BCUT2D eigenvalue weighted by Gasteiger charge is -2.10. The number of hydrogen-bond acceptors (Lipinski definition) is 6. The van der Waals surface area contributed by atoms with Crippen molar-refractivity contribution in [1.29, 1.82) is 0 Å². The fourth-order valence-electron chi connectivity index (χ4n) is 2.19. The van der Waals surface area contributed by atoms with Crippen molar-refractivity contribution >= 4 is 23.4 Å². The van der Waals surface area contributed by atoms with Gasteiger partial charge in [0.1, 0.15) is 5.75 Å². The molecule has 2 aromatic rings. The van der Waals surface area contributed by atoms with Gasteiger partial charge in [-0.1, -0.05) is 37.7 Å². The average molecular weight is 363 g/mol. The molecule has 0 bridgehead atoms. The first-order valence-corrected chi connectivity index (χ1v) is 8.77. The van der Waals surface area contributed by atoms with Gasteiger partial charge in [0.05, 0.1) is 24.1 Å². The molecule has 134 valence electrons. The molecule has 1 heterocycles. The van der Waals surface area contributed by atoms with Crippen LogP contribution in [0.2, 0.25) is 0 Å². The highest BCUT2D eigenvalue weighted by Crippen LogP contribution is 2.24. The first-order chi connectivity index (χ1) is 11.9. The zero-order valence-corrected chi connectivity index (χ0v) is 15.1. The Morgan fingerprint density at radius 2 is 2.12 bits per heavy atom. The number of thioether (sulfide) groups is 1. The molecular formula is C17H21N3O4S. The maximum Gasteiger partial charge on any atom is 0.258 e. The fraction of sp³-hybridized carbons (Fsp3) is 0.353. The number of amides is 1. The lowest BCUT2D eigenvalue weighted by Crippen LogP contribution is -2.18. The van der Waals surface area contributed by atoms with Crippen LogP contribution in [0.3, 0.4) is 0 Å². The third kappa shape index (κ3) is 5.25. The van der Waals surface area contributed by atoms with Gasteiger partial charge in [-0.25, -0.2) is 0 Å². The second-order valence-corrected chi connectivity index (χ2v) is 6.77. The van der Waals surface area contributed by atoms with E-state index in [0.717, 1.165) is 11.8 Å². The molecule has 0 saturated heterocycles. The predicted octanol–water partition coefficient (Wildman–Crippen LogP) is 2.41. The van der Waals surface area contributed by atoms with E-state index < -0.39 is 0 Å². The molecule has 0 aliphatic carbocycles. The molecule has 8 heteroatoms. The highest BCUT2D eigenvalue weighted by molar-refractivity contribution is 7.99. The van der Waals surface area contributed by atoms with Crippen molar-refractivity contribution in [2.24, 2.45) is 5.92 Å². The van der Waals surface area contributed by atoms with Gasteiger partial charge in [0.25, 0.3) is 5.56 Å². The van der Waals surface area contributed by atoms with Crippen molar-refractivity contribution < 1.29 is 14.6 Å². The van der Waals surface area contributed by atoms with Crippen molar-refractivity contribution in [3.63, 3.8) is 0 Å². The number of hydrogen-bond donors (Lipinski definition) is 3. The topological polar surface area (TPSA) is 104 Å². The van der Waals surface area contributed by atoms with Crippen LogP contribution in [0.4, 0.5) is 5.69 Å². The molecule has 0 fully saturated rings. The van der Waals surface area contributed by atoms with Gasteiger partial charge in [-0.2, -0.15) is 4.98 Å². The first-order valence-electron chi connectivity index (χ1n) is 7.78. The second-order valence-electron chi connectivity index (χ2n) is 5.81. The molecule has 0 radical (unpaired) electrons. The van der Waals surface area contributed by atoms with Gasteiger partial charge in [-0.05, 0) is 24.5 Å². The van der Waals surface area contributed by atoms with Gasteiger partial charge in [0, 0.05) is 0 Å². The zero-order valence-electron chi connectivity index (χ0n) is 14.3. The molecule has 3 N–H and O–H groups in total. The summed E-state index contributed by atoms with van der Waals surface area (Å²) in [7, 11) is 1.52. The third-order valence-electron chi connectivity index (χ3n) is 3.31. The summed E-state index contributed by atoms with van der Waals surface area (Å²) in [5, 5.41) is 12.9. The van der Waals surface area contributed by atoms with Crippen molar-refractivity contribution in [2.75, 3.05) is 18.2 Å². The zero-order chi connectivity index (χ0) is 18.4. The van der Waals surface area contributed by atoms with Gasteiger partial charge >= 0.3 is 0 Å². The Balaban J connectivity index is 2.01. The van der Waals surface area contributed by atoms with Crippen molar-refractivity contribution in [2.45, 2.75) is 25.4 Å². The minimum absolute atomic E-state index is 0.0317. The Morgan fingerprint density at radius 3 is 2.76 bits per heavy atom. The first kappa shape index (κ1) is 18.9. The van der Waals surface area contributed by atoms with Gasteiger partial charge in [-0.3, -0.25) is 9.59 Å². The normalized spacial score (nSPS) is 10.7. The molecule has 0 unspecified atom stereocenters. The Hall–Kier alpha value is -2.48. The summed E-state index contributed by atoms with van der Waals surface area (Å²) in [4.78, 5) is 30.6. The summed E-state index contributed by atoms with van der Waals surface area (Å²) in [5.41, 5.74) is 0.443. The van der Waals surface area contributed by atoms with Gasteiger partial charge in [0.2, 0.25) is 11.8 Å². The molecule has 0 saturated carbocycles. The standard InChI is InChI=1S/C17H21N3O4S/c1-10(2)8-11-15(22)19-17(20-16(11)23)25-9-14(21)18-12-6-4-5-7-13(12)24-3/h4-7,10H,8-9H2,1-3H3,(H,18,21)(H2,19,20,22,23). The summed E-state index contributed by atoms with van der Waals surface area (Å²) in [6, 6.07) is 7.07. The number of aromatic nitrogens is 2. The van der Waals surface area contributed by atoms with Crippen LogP contribution in [-0.2, 0) is 11.2 Å². The number of rotatable bonds is 7. The summed E-state index contributed by atoms with van der Waals surface area (Å²) in [6.07, 6.45) is 0.438. The molecule has 0 atom stereocenters. The number of aromatic amines is 1. The van der Waals surface area contributed by atoms with Crippen LogP contribution in [-0.4, -0.2) is 33.8 Å². The fourth-order valence-corrected chi connectivity index (χ4v) is 2.85. The highest BCUT2D eigenvalue weighted by Gasteiger charge is 2.14. The molecule has 2 rings (SSSR count). The number of carbonyl (C=O) groups is 1. The van der Waals surface area contributed by atoms with E-state index in [2.05, 4.69) is 15.3 Å². The van der Waals surface area contributed by atoms with Gasteiger partial charge in [0.15, 0.2) is 5.16 Å². The van der Waals surface area contributed by atoms with Crippen LogP contribution < -0.4 is 15.6 Å². The van der Waals surface area contributed by atoms with E-state index in [1.807, 2.05) is 13.8 Å². The monoisotopic (exact) mass is 363 g/mol. The smallest absolute Gasteiger partial charge is 0.258 e. The molecule has 25 heavy (non-hydrogen) atoms. The summed E-state index contributed by atoms with van der Waals surface area (Å²) in [5.74, 6) is 0.249. The third-order valence-corrected chi connectivity index (χ3v) is 4.18. The highest BCUT2D eigenvalue weighted by atomic mass is 32.2. The minimum Gasteiger partial charge on any atom is -0.495 e. The number of nitrogens with zero attached hydrogens (tertiary/aromatic N) is 1. The summed E-state index contributed by atoms with van der Waals surface area (Å²) in [6.45, 7) is 3.90. The number of methoxy groups -OCH3 is 1. The van der Waals surface area contributed by atoms with Crippen molar-refractivity contribution in [1.82, 2.24) is 9.97 Å². The van der Waals surface area contributed by atoms with Crippen LogP contribution in [0.5, 0.6) is 11.6 Å². The van der Waals surface area contributed by atoms with E-state index in [-0.39, 0.29) is 39.7 Å². The summed E-state index contributed by atoms with van der Waals surface area (Å²) >= 11 is 1.04. The number of anilines is 1. The van der Waals surface area contributed by atoms with Crippen molar-refractivity contribution in [3.8, 4) is 11.6 Å². The number of nitrogens with one attached hydrogen (secondary N) is 2. The van der Waals surface area contributed by atoms with Crippen LogP contribution in [0, 0.1) is 5.92 Å². The number of H-pyrrole nitrogens is 1. The molecule has 0 aliphatic rings. The van der Waals surface area contributed by atoms with E-state index >= 15 is 0 Å². The van der Waals surface area contributed by atoms with E-state index in [1.54, 1.807) is 24.3 Å². The van der Waals surface area contributed by atoms with E-state index in [0.29, 0.717) is 17.9 Å². The maximum absolute atomic E-state index is 12.1. The Labute approximate surface area is 149 Å². The van der Waals surface area contributed by atoms with Crippen LogP contribution >= 0.6 is 11.8 Å². The molecule has 1 aromatic heterocycles. The average Bonchev–Trinajstić information content (AvgIpc) is 2.56. The quantitative estimate of drug-likeness (QED) is 0.515. The molecule has 7 nitrogen and oxygen atoms in total. The second kappa shape index (κ2) is 8.57. The predicted molar refractivity (Wildman–Crippen MR) is 97.4 cm³/mol. The molecule has 1 amide bonds. The van der Waals surface area contributed by atoms with E-state index in [1.165, 1.54) is 7.11 Å². The lowest BCUT2D eigenvalue weighted by atomic mass is 10.1. The van der Waals surface area contributed by atoms with E-state index in [9.17, 15) is 14.7 Å². The maximum atomic E-state index is 12.1. The Morgan fingerprint density at radius 1 is 1.40 bits per heavy atom. The minimum atomic E-state index is -0.381. The van der Waals surface area contributed by atoms with E-state index in [4.69, 9.17) is 4.74 Å². The van der Waals surface area contributed by atoms with Crippen LogP contribution in [0.15, 0.2) is 34.2 Å². The molecular weight excluding hydrogens is 342 g/mol. The summed E-state index contributed by atoms with van der Waals surface area (Å²) < 4.78 is 5.17. The molecule has 0 spiro atoms. The number of benzene rings is 1. The van der Waals surface area contributed by atoms with Crippen LogP contribution in [0.1, 0.15) is 19.4 Å². The largest absolute Gasteiger partial charge is 0.495 e. The SMILES string of the molecule is COc1ccccc1NC(=O)CSc1nc(O)c(CC(C)C)c(=O)[nH]1. The number of aromatic hydroxyl groups is 1. The Kier molecular flexibility index (Phi) is 6.46. The van der Waals surface area contributed by atoms with Crippen molar-refractivity contribution in [3.05, 3.63) is 40.2 Å².